The van der Waals surface area contributed by atoms with Crippen LogP contribution in [0.1, 0.15) is 63.3 Å². The van der Waals surface area contributed by atoms with Gasteiger partial charge in [-0.25, -0.2) is 0 Å². The van der Waals surface area contributed by atoms with Crippen LogP contribution in [-0.4, -0.2) is 5.11 Å². The highest BCUT2D eigenvalue weighted by Crippen LogP contribution is 2.54. The maximum atomic E-state index is 10.8. The second-order valence-corrected chi connectivity index (χ2v) is 6.31. The monoisotopic (exact) mass is 238 g/mol. The number of unbranched alkanes of at least 4 members (excludes halogenated alkanes) is 1. The molecule has 1 heterocycles. The summed E-state index contributed by atoms with van der Waals surface area (Å²) >= 11 is 1.82. The third-order valence-electron chi connectivity index (χ3n) is 4.12. The van der Waals surface area contributed by atoms with E-state index in [1.807, 2.05) is 11.3 Å². The van der Waals surface area contributed by atoms with Crippen molar-refractivity contribution in [1.82, 2.24) is 0 Å². The number of aliphatic hydroxyl groups is 1. The zero-order valence-electron chi connectivity index (χ0n) is 10.5. The second-order valence-electron chi connectivity index (χ2n) is 5.39. The molecule has 0 amide bonds. The van der Waals surface area contributed by atoms with Crippen molar-refractivity contribution in [2.45, 2.75) is 63.9 Å². The van der Waals surface area contributed by atoms with Gasteiger partial charge in [-0.3, -0.25) is 0 Å². The van der Waals surface area contributed by atoms with Crippen molar-refractivity contribution in [3.8, 4) is 0 Å². The van der Waals surface area contributed by atoms with Crippen LogP contribution in [-0.2, 0) is 11.0 Å². The second kappa shape index (κ2) is 4.15. The van der Waals surface area contributed by atoms with Gasteiger partial charge in [0.05, 0.1) is 5.60 Å². The molecule has 0 fully saturated rings. The highest BCUT2D eigenvalue weighted by atomic mass is 32.1. The minimum absolute atomic E-state index is 0.200. The molecular weight excluding hydrogens is 216 g/mol. The lowest BCUT2D eigenvalue weighted by Crippen LogP contribution is -2.26. The molecule has 1 aromatic rings. The van der Waals surface area contributed by atoms with Gasteiger partial charge in [0, 0.05) is 10.3 Å². The quantitative estimate of drug-likeness (QED) is 0.833. The van der Waals surface area contributed by atoms with Crippen LogP contribution in [0.4, 0.5) is 0 Å². The Morgan fingerprint density at radius 1 is 1.44 bits per heavy atom. The SMILES string of the molecule is CCCC[C@]1(O)C[C@](C)(CC)c2sccc21. The molecule has 0 radical (unpaired) electrons. The summed E-state index contributed by atoms with van der Waals surface area (Å²) in [6.07, 6.45) is 5.23. The van der Waals surface area contributed by atoms with Crippen molar-refractivity contribution in [3.63, 3.8) is 0 Å². The zero-order chi connectivity index (χ0) is 11.8. The van der Waals surface area contributed by atoms with Crippen LogP contribution >= 0.6 is 11.3 Å². The van der Waals surface area contributed by atoms with E-state index in [0.717, 1.165) is 32.1 Å². The Labute approximate surface area is 103 Å². The Bertz CT molecular complexity index is 371. The smallest absolute Gasteiger partial charge is 0.0916 e. The van der Waals surface area contributed by atoms with Gasteiger partial charge in [-0.1, -0.05) is 33.6 Å². The summed E-state index contributed by atoms with van der Waals surface area (Å²) in [6.45, 7) is 6.72. The molecule has 1 N–H and O–H groups in total. The van der Waals surface area contributed by atoms with Gasteiger partial charge < -0.3 is 5.11 Å². The fourth-order valence-corrected chi connectivity index (χ4v) is 4.17. The van der Waals surface area contributed by atoms with Gasteiger partial charge in [0.2, 0.25) is 0 Å². The first-order chi connectivity index (χ1) is 7.56. The Kier molecular flexibility index (Phi) is 3.15. The van der Waals surface area contributed by atoms with E-state index in [2.05, 4.69) is 32.2 Å². The normalized spacial score (nSPS) is 33.0. The van der Waals surface area contributed by atoms with Crippen LogP contribution in [0.15, 0.2) is 11.4 Å². The molecular formula is C14H22OS. The van der Waals surface area contributed by atoms with E-state index in [4.69, 9.17) is 0 Å². The predicted molar refractivity (Wildman–Crippen MR) is 70.0 cm³/mol. The summed E-state index contributed by atoms with van der Waals surface area (Å²) in [4.78, 5) is 1.42. The summed E-state index contributed by atoms with van der Waals surface area (Å²) in [7, 11) is 0. The Balaban J connectivity index is 2.33. The third kappa shape index (κ3) is 1.72. The largest absolute Gasteiger partial charge is 0.385 e. The lowest BCUT2D eigenvalue weighted by Gasteiger charge is -2.28. The molecule has 0 spiro atoms. The number of hydrogen-bond acceptors (Lipinski definition) is 2. The van der Waals surface area contributed by atoms with E-state index in [0.29, 0.717) is 0 Å². The first-order valence-electron chi connectivity index (χ1n) is 6.36. The van der Waals surface area contributed by atoms with Crippen LogP contribution < -0.4 is 0 Å². The molecule has 0 saturated heterocycles. The maximum Gasteiger partial charge on any atom is 0.0916 e. The molecule has 0 bridgehead atoms. The lowest BCUT2D eigenvalue weighted by atomic mass is 9.82. The zero-order valence-corrected chi connectivity index (χ0v) is 11.4. The molecule has 2 atom stereocenters. The minimum Gasteiger partial charge on any atom is -0.385 e. The average Bonchev–Trinajstić information content (AvgIpc) is 2.82. The number of fused-ring (bicyclic) bond motifs is 1. The highest BCUT2D eigenvalue weighted by molar-refractivity contribution is 7.10. The van der Waals surface area contributed by atoms with Gasteiger partial charge in [-0.2, -0.15) is 0 Å². The highest BCUT2D eigenvalue weighted by Gasteiger charge is 2.48. The van der Waals surface area contributed by atoms with Gasteiger partial charge in [-0.05, 0) is 36.3 Å². The molecule has 1 nitrogen and oxygen atoms in total. The van der Waals surface area contributed by atoms with Gasteiger partial charge in [-0.15, -0.1) is 11.3 Å². The van der Waals surface area contributed by atoms with Crippen LogP contribution in [0.5, 0.6) is 0 Å². The standard InChI is InChI=1S/C14H22OS/c1-4-6-8-14(15)10-13(3,5-2)12-11(14)7-9-16-12/h7,9,15H,4-6,8,10H2,1-3H3/t13-,14-/m0/s1. The molecule has 1 aromatic heterocycles. The minimum atomic E-state index is -0.546. The van der Waals surface area contributed by atoms with Crippen molar-refractivity contribution in [2.24, 2.45) is 0 Å². The molecule has 1 aliphatic rings. The fraction of sp³-hybridized carbons (Fsp3) is 0.714. The van der Waals surface area contributed by atoms with Crippen LogP contribution in [0.3, 0.4) is 0 Å². The molecule has 2 heteroatoms. The first kappa shape index (κ1) is 12.1. The van der Waals surface area contributed by atoms with Crippen molar-refractivity contribution in [3.05, 3.63) is 21.9 Å². The van der Waals surface area contributed by atoms with Crippen molar-refractivity contribution >= 4 is 11.3 Å². The van der Waals surface area contributed by atoms with Crippen LogP contribution in [0.2, 0.25) is 0 Å². The number of hydrogen-bond donors (Lipinski definition) is 1. The first-order valence-corrected chi connectivity index (χ1v) is 7.24. The molecule has 0 aliphatic heterocycles. The summed E-state index contributed by atoms with van der Waals surface area (Å²) in [5, 5.41) is 13.0. The van der Waals surface area contributed by atoms with E-state index in [1.165, 1.54) is 10.4 Å². The van der Waals surface area contributed by atoms with Crippen LogP contribution in [0, 0.1) is 0 Å². The molecule has 90 valence electrons. The van der Waals surface area contributed by atoms with Gasteiger partial charge in [0.15, 0.2) is 0 Å². The summed E-state index contributed by atoms with van der Waals surface area (Å²) in [6, 6.07) is 2.14. The fourth-order valence-electron chi connectivity index (χ4n) is 2.94. The summed E-state index contributed by atoms with van der Waals surface area (Å²) < 4.78 is 0. The predicted octanol–water partition coefficient (Wildman–Crippen LogP) is 4.20. The topological polar surface area (TPSA) is 20.2 Å². The van der Waals surface area contributed by atoms with Gasteiger partial charge in [0.1, 0.15) is 0 Å². The average molecular weight is 238 g/mol. The molecule has 0 saturated carbocycles. The van der Waals surface area contributed by atoms with Crippen molar-refractivity contribution in [2.75, 3.05) is 0 Å². The Hall–Kier alpha value is -0.340. The molecule has 16 heavy (non-hydrogen) atoms. The van der Waals surface area contributed by atoms with Crippen molar-refractivity contribution in [1.29, 1.82) is 0 Å². The summed E-state index contributed by atoms with van der Waals surface area (Å²) in [5.74, 6) is 0. The maximum absolute atomic E-state index is 10.8. The van der Waals surface area contributed by atoms with Gasteiger partial charge >= 0.3 is 0 Å². The van der Waals surface area contributed by atoms with E-state index in [1.54, 1.807) is 0 Å². The van der Waals surface area contributed by atoms with Gasteiger partial charge in [0.25, 0.3) is 0 Å². The van der Waals surface area contributed by atoms with E-state index >= 15 is 0 Å². The molecule has 1 aliphatic carbocycles. The Morgan fingerprint density at radius 2 is 2.19 bits per heavy atom. The Morgan fingerprint density at radius 3 is 2.81 bits per heavy atom. The molecule has 2 rings (SSSR count). The molecule has 0 aromatic carbocycles. The van der Waals surface area contributed by atoms with E-state index in [9.17, 15) is 5.11 Å². The van der Waals surface area contributed by atoms with Crippen LogP contribution in [0.25, 0.3) is 0 Å². The molecule has 0 unspecified atom stereocenters. The van der Waals surface area contributed by atoms with E-state index < -0.39 is 5.60 Å². The number of thiophene rings is 1. The third-order valence-corrected chi connectivity index (χ3v) is 5.34. The van der Waals surface area contributed by atoms with Crippen molar-refractivity contribution < 1.29 is 5.11 Å². The summed E-state index contributed by atoms with van der Waals surface area (Å²) in [5.41, 5.74) is 0.873. The lowest BCUT2D eigenvalue weighted by molar-refractivity contribution is 0.0124. The number of rotatable bonds is 4. The van der Waals surface area contributed by atoms with E-state index in [-0.39, 0.29) is 5.41 Å².